The van der Waals surface area contributed by atoms with Crippen molar-refractivity contribution >= 4 is 34.9 Å². The molecule has 5 nitrogen and oxygen atoms in total. The standard InChI is InChI=1S/C22H23ClFNO4/c1-2-3-4-8-21(27)25-16-11-9-15(10-12-16)20(26)14-29-22(28)13-17-18(23)6-5-7-19(17)24/h5-7,9-12H,2-4,8,13-14H2,1H3,(H,25,27). The summed E-state index contributed by atoms with van der Waals surface area (Å²) >= 11 is 5.87. The monoisotopic (exact) mass is 419 g/mol. The number of hydrogen-bond acceptors (Lipinski definition) is 4. The molecule has 0 bridgehead atoms. The van der Waals surface area contributed by atoms with Gasteiger partial charge in [-0.1, -0.05) is 37.4 Å². The van der Waals surface area contributed by atoms with Crippen molar-refractivity contribution in [1.29, 1.82) is 0 Å². The molecule has 0 aromatic heterocycles. The molecule has 0 heterocycles. The van der Waals surface area contributed by atoms with Gasteiger partial charge in [0.2, 0.25) is 5.91 Å². The lowest BCUT2D eigenvalue weighted by atomic mass is 10.1. The predicted octanol–water partition coefficient (Wildman–Crippen LogP) is 4.97. The van der Waals surface area contributed by atoms with Crippen LogP contribution in [0.2, 0.25) is 5.02 Å². The summed E-state index contributed by atoms with van der Waals surface area (Å²) in [5.74, 6) is -1.83. The molecule has 0 aliphatic heterocycles. The van der Waals surface area contributed by atoms with Crippen LogP contribution in [-0.2, 0) is 20.7 Å². The molecule has 0 unspecified atom stereocenters. The van der Waals surface area contributed by atoms with Crippen molar-refractivity contribution in [2.24, 2.45) is 0 Å². The molecule has 29 heavy (non-hydrogen) atoms. The molecule has 0 aliphatic rings. The minimum Gasteiger partial charge on any atom is -0.457 e. The molecule has 0 saturated heterocycles. The third-order valence-corrected chi connectivity index (χ3v) is 4.60. The van der Waals surface area contributed by atoms with Gasteiger partial charge in [-0.25, -0.2) is 4.39 Å². The Balaban J connectivity index is 1.83. The molecule has 0 radical (unpaired) electrons. The van der Waals surface area contributed by atoms with Crippen molar-refractivity contribution in [3.8, 4) is 0 Å². The van der Waals surface area contributed by atoms with E-state index in [4.69, 9.17) is 16.3 Å². The fourth-order valence-corrected chi connectivity index (χ4v) is 2.85. The maximum atomic E-state index is 13.7. The number of rotatable bonds is 10. The molecule has 2 aromatic rings. The fraction of sp³-hybridized carbons (Fsp3) is 0.318. The van der Waals surface area contributed by atoms with Gasteiger partial charge in [-0.05, 0) is 42.8 Å². The number of benzene rings is 2. The highest BCUT2D eigenvalue weighted by Gasteiger charge is 2.15. The zero-order chi connectivity index (χ0) is 21.2. The average Bonchev–Trinajstić information content (AvgIpc) is 2.70. The number of esters is 1. The van der Waals surface area contributed by atoms with Gasteiger partial charge >= 0.3 is 5.97 Å². The number of hydrogen-bond donors (Lipinski definition) is 1. The van der Waals surface area contributed by atoms with Gasteiger partial charge in [0.25, 0.3) is 0 Å². The lowest BCUT2D eigenvalue weighted by Gasteiger charge is -2.08. The molecule has 0 saturated carbocycles. The van der Waals surface area contributed by atoms with Crippen LogP contribution >= 0.6 is 11.6 Å². The van der Waals surface area contributed by atoms with E-state index in [0.717, 1.165) is 19.3 Å². The zero-order valence-corrected chi connectivity index (χ0v) is 16.9. The molecule has 7 heteroatoms. The van der Waals surface area contributed by atoms with Crippen LogP contribution in [0.4, 0.5) is 10.1 Å². The summed E-state index contributed by atoms with van der Waals surface area (Å²) in [4.78, 5) is 35.9. The average molecular weight is 420 g/mol. The first-order valence-corrected chi connectivity index (χ1v) is 9.80. The number of carbonyl (C=O) groups excluding carboxylic acids is 3. The summed E-state index contributed by atoms with van der Waals surface area (Å²) in [5, 5.41) is 2.90. The summed E-state index contributed by atoms with van der Waals surface area (Å²) in [5.41, 5.74) is 0.964. The van der Waals surface area contributed by atoms with E-state index >= 15 is 0 Å². The number of ether oxygens (including phenoxy) is 1. The summed E-state index contributed by atoms with van der Waals surface area (Å²) in [6.07, 6.45) is 2.98. The molecule has 1 N–H and O–H groups in total. The van der Waals surface area contributed by atoms with E-state index in [-0.39, 0.29) is 22.9 Å². The van der Waals surface area contributed by atoms with E-state index in [0.29, 0.717) is 17.7 Å². The Labute approximate surface area is 174 Å². The Hall–Kier alpha value is -2.73. The SMILES string of the molecule is CCCCCC(=O)Nc1ccc(C(=O)COC(=O)Cc2c(F)cccc2Cl)cc1. The minimum absolute atomic E-state index is 0.0330. The van der Waals surface area contributed by atoms with Crippen LogP contribution in [0.1, 0.15) is 48.5 Å². The van der Waals surface area contributed by atoms with E-state index in [1.54, 1.807) is 24.3 Å². The highest BCUT2D eigenvalue weighted by atomic mass is 35.5. The topological polar surface area (TPSA) is 72.5 Å². The van der Waals surface area contributed by atoms with E-state index in [1.165, 1.54) is 18.2 Å². The molecule has 154 valence electrons. The normalized spacial score (nSPS) is 10.4. The third-order valence-electron chi connectivity index (χ3n) is 4.25. The fourth-order valence-electron chi connectivity index (χ4n) is 2.62. The lowest BCUT2D eigenvalue weighted by molar-refractivity contribution is -0.141. The van der Waals surface area contributed by atoms with Crippen LogP contribution in [0.3, 0.4) is 0 Å². The first-order valence-electron chi connectivity index (χ1n) is 9.42. The number of anilines is 1. The van der Waals surface area contributed by atoms with Crippen LogP contribution in [0.15, 0.2) is 42.5 Å². The molecule has 0 fully saturated rings. The Morgan fingerprint density at radius 3 is 2.45 bits per heavy atom. The summed E-state index contributed by atoms with van der Waals surface area (Å²) < 4.78 is 18.6. The van der Waals surface area contributed by atoms with Gasteiger partial charge in [-0.15, -0.1) is 0 Å². The summed E-state index contributed by atoms with van der Waals surface area (Å²) in [6.45, 7) is 1.60. The second-order valence-corrected chi connectivity index (χ2v) is 6.95. The highest BCUT2D eigenvalue weighted by molar-refractivity contribution is 6.31. The van der Waals surface area contributed by atoms with Crippen molar-refractivity contribution in [2.45, 2.75) is 39.0 Å². The van der Waals surface area contributed by atoms with Crippen LogP contribution in [0, 0.1) is 5.82 Å². The number of ketones is 1. The first-order chi connectivity index (χ1) is 13.9. The first kappa shape index (κ1) is 22.6. The number of Topliss-reactive ketones (excluding diaryl/α,β-unsaturated/α-hetero) is 1. The van der Waals surface area contributed by atoms with Crippen molar-refractivity contribution in [1.82, 2.24) is 0 Å². The molecule has 2 rings (SSSR count). The Morgan fingerprint density at radius 1 is 1.07 bits per heavy atom. The molecular weight excluding hydrogens is 397 g/mol. The second-order valence-electron chi connectivity index (χ2n) is 6.54. The van der Waals surface area contributed by atoms with Gasteiger partial charge in [-0.2, -0.15) is 0 Å². The molecule has 0 spiro atoms. The van der Waals surface area contributed by atoms with Crippen molar-refractivity contribution in [2.75, 3.05) is 11.9 Å². The number of halogens is 2. The smallest absolute Gasteiger partial charge is 0.310 e. The zero-order valence-electron chi connectivity index (χ0n) is 16.2. The van der Waals surface area contributed by atoms with Gasteiger partial charge in [0.1, 0.15) is 5.82 Å². The Bertz CT molecular complexity index is 847. The van der Waals surface area contributed by atoms with E-state index in [9.17, 15) is 18.8 Å². The van der Waals surface area contributed by atoms with E-state index < -0.39 is 24.2 Å². The third kappa shape index (κ3) is 7.31. The van der Waals surface area contributed by atoms with E-state index in [2.05, 4.69) is 12.2 Å². The summed E-state index contributed by atoms with van der Waals surface area (Å²) in [7, 11) is 0. The predicted molar refractivity (Wildman–Crippen MR) is 110 cm³/mol. The van der Waals surface area contributed by atoms with Gasteiger partial charge in [0.15, 0.2) is 12.4 Å². The maximum Gasteiger partial charge on any atom is 0.310 e. The van der Waals surface area contributed by atoms with Gasteiger partial charge in [0, 0.05) is 28.3 Å². The second kappa shape index (κ2) is 11.3. The Morgan fingerprint density at radius 2 is 1.79 bits per heavy atom. The van der Waals surface area contributed by atoms with Crippen LogP contribution in [0.25, 0.3) is 0 Å². The van der Waals surface area contributed by atoms with Gasteiger partial charge in [-0.3, -0.25) is 14.4 Å². The number of nitrogens with one attached hydrogen (secondary N) is 1. The summed E-state index contributed by atoms with van der Waals surface area (Å²) in [6, 6.07) is 10.4. The van der Waals surface area contributed by atoms with Gasteiger partial charge < -0.3 is 10.1 Å². The molecule has 0 atom stereocenters. The van der Waals surface area contributed by atoms with Crippen molar-refractivity contribution in [3.63, 3.8) is 0 Å². The molecule has 0 aliphatic carbocycles. The molecule has 1 amide bonds. The van der Waals surface area contributed by atoms with Gasteiger partial charge in [0.05, 0.1) is 6.42 Å². The van der Waals surface area contributed by atoms with Crippen molar-refractivity contribution in [3.05, 3.63) is 64.4 Å². The Kier molecular flexibility index (Phi) is 8.80. The van der Waals surface area contributed by atoms with E-state index in [1.807, 2.05) is 0 Å². The highest BCUT2D eigenvalue weighted by Crippen LogP contribution is 2.20. The van der Waals surface area contributed by atoms with Crippen molar-refractivity contribution < 1.29 is 23.5 Å². The number of amides is 1. The van der Waals surface area contributed by atoms with Crippen LogP contribution in [0.5, 0.6) is 0 Å². The maximum absolute atomic E-state index is 13.7. The number of carbonyl (C=O) groups is 3. The molecule has 2 aromatic carbocycles. The number of unbranched alkanes of at least 4 members (excludes halogenated alkanes) is 2. The quantitative estimate of drug-likeness (QED) is 0.335. The largest absolute Gasteiger partial charge is 0.457 e. The molecular formula is C22H23ClFNO4. The lowest BCUT2D eigenvalue weighted by Crippen LogP contribution is -2.16. The van der Waals surface area contributed by atoms with Crippen LogP contribution in [-0.4, -0.2) is 24.3 Å². The minimum atomic E-state index is -0.749. The van der Waals surface area contributed by atoms with Crippen LogP contribution < -0.4 is 5.32 Å².